The third-order valence-corrected chi connectivity index (χ3v) is 5.76. The average molecular weight is 574 g/mol. The highest BCUT2D eigenvalue weighted by atomic mass is 127. The van der Waals surface area contributed by atoms with Gasteiger partial charge in [0.2, 0.25) is 0 Å². The van der Waals surface area contributed by atoms with Crippen LogP contribution in [0.2, 0.25) is 0 Å². The molecule has 0 radical (unpaired) electrons. The molecule has 2 aromatic rings. The number of nitrogens with zero attached hydrogens (tertiary/aromatic N) is 2. The monoisotopic (exact) mass is 574 g/mol. The van der Waals surface area contributed by atoms with Gasteiger partial charge in [0.15, 0.2) is 5.96 Å². The summed E-state index contributed by atoms with van der Waals surface area (Å²) in [5.41, 5.74) is 1.48. The SMILES string of the molecule is CN=C(NCCc1cccc(C(=O)N(C)C)c1)NCC1(c2cccc(C(F)(F)F)c2)CC1.I. The maximum Gasteiger partial charge on any atom is 0.416 e. The van der Waals surface area contributed by atoms with Crippen LogP contribution in [0.3, 0.4) is 0 Å². The van der Waals surface area contributed by atoms with E-state index in [-0.39, 0.29) is 35.3 Å². The normalized spacial score (nSPS) is 14.8. The fourth-order valence-corrected chi connectivity index (χ4v) is 3.66. The number of carbonyl (C=O) groups is 1. The van der Waals surface area contributed by atoms with Crippen LogP contribution in [0.5, 0.6) is 0 Å². The second-order valence-electron chi connectivity index (χ2n) is 8.36. The average Bonchev–Trinajstić information content (AvgIpc) is 3.56. The van der Waals surface area contributed by atoms with Gasteiger partial charge < -0.3 is 15.5 Å². The number of rotatable bonds is 7. The summed E-state index contributed by atoms with van der Waals surface area (Å²) in [7, 11) is 5.10. The molecule has 0 aliphatic heterocycles. The van der Waals surface area contributed by atoms with Crippen LogP contribution in [0, 0.1) is 0 Å². The molecule has 0 saturated heterocycles. The van der Waals surface area contributed by atoms with Crippen LogP contribution in [0.1, 0.15) is 39.9 Å². The van der Waals surface area contributed by atoms with E-state index in [1.54, 1.807) is 38.2 Å². The molecule has 0 bridgehead atoms. The number of aliphatic imine (C=N–C) groups is 1. The van der Waals surface area contributed by atoms with E-state index < -0.39 is 11.7 Å². The van der Waals surface area contributed by atoms with E-state index in [4.69, 9.17) is 0 Å². The summed E-state index contributed by atoms with van der Waals surface area (Å²) in [5.74, 6) is 0.561. The highest BCUT2D eigenvalue weighted by Gasteiger charge is 2.45. The Bertz CT molecular complexity index is 988. The topological polar surface area (TPSA) is 56.7 Å². The number of alkyl halides is 3. The smallest absolute Gasteiger partial charge is 0.356 e. The Morgan fingerprint density at radius 3 is 2.39 bits per heavy atom. The first-order valence-electron chi connectivity index (χ1n) is 10.6. The van der Waals surface area contributed by atoms with Gasteiger partial charge in [-0.3, -0.25) is 9.79 Å². The fourth-order valence-electron chi connectivity index (χ4n) is 3.66. The van der Waals surface area contributed by atoms with E-state index in [1.807, 2.05) is 18.2 Å². The largest absolute Gasteiger partial charge is 0.416 e. The molecule has 0 unspecified atom stereocenters. The maximum absolute atomic E-state index is 13.1. The van der Waals surface area contributed by atoms with Crippen molar-refractivity contribution >= 4 is 35.8 Å². The second-order valence-corrected chi connectivity index (χ2v) is 8.36. The molecular formula is C24H30F3IN4O. The lowest BCUT2D eigenvalue weighted by molar-refractivity contribution is -0.137. The van der Waals surface area contributed by atoms with Gasteiger partial charge in [-0.05, 0) is 48.6 Å². The first-order chi connectivity index (χ1) is 15.1. The van der Waals surface area contributed by atoms with Gasteiger partial charge in [-0.1, -0.05) is 30.3 Å². The minimum atomic E-state index is -4.34. The van der Waals surface area contributed by atoms with Gasteiger partial charge in [-0.15, -0.1) is 24.0 Å². The van der Waals surface area contributed by atoms with Crippen molar-refractivity contribution in [2.24, 2.45) is 4.99 Å². The lowest BCUT2D eigenvalue weighted by atomic mass is 9.94. The molecule has 9 heteroatoms. The number of amides is 1. The molecule has 0 aromatic heterocycles. The Morgan fingerprint density at radius 1 is 1.09 bits per heavy atom. The van der Waals surface area contributed by atoms with Crippen molar-refractivity contribution < 1.29 is 18.0 Å². The summed E-state index contributed by atoms with van der Waals surface area (Å²) in [6, 6.07) is 13.1. The van der Waals surface area contributed by atoms with Crippen molar-refractivity contribution in [3.8, 4) is 0 Å². The summed E-state index contributed by atoms with van der Waals surface area (Å²) < 4.78 is 39.2. The molecule has 0 spiro atoms. The van der Waals surface area contributed by atoms with Crippen LogP contribution in [0.25, 0.3) is 0 Å². The van der Waals surface area contributed by atoms with Crippen molar-refractivity contribution in [1.82, 2.24) is 15.5 Å². The van der Waals surface area contributed by atoms with Gasteiger partial charge in [0.05, 0.1) is 5.56 Å². The summed E-state index contributed by atoms with van der Waals surface area (Å²) in [5, 5.41) is 6.50. The number of halogens is 4. The van der Waals surface area contributed by atoms with Gasteiger partial charge in [0.25, 0.3) is 5.91 Å². The van der Waals surface area contributed by atoms with Crippen molar-refractivity contribution in [3.05, 3.63) is 70.8 Å². The fraction of sp³-hybridized carbons (Fsp3) is 0.417. The molecule has 33 heavy (non-hydrogen) atoms. The van der Waals surface area contributed by atoms with Crippen LogP contribution < -0.4 is 10.6 Å². The summed E-state index contributed by atoms with van der Waals surface area (Å²) in [4.78, 5) is 17.9. The number of hydrogen-bond donors (Lipinski definition) is 2. The van der Waals surface area contributed by atoms with Crippen molar-refractivity contribution in [1.29, 1.82) is 0 Å². The molecule has 1 saturated carbocycles. The number of carbonyl (C=O) groups excluding carboxylic acids is 1. The molecule has 1 aliphatic carbocycles. The third kappa shape index (κ3) is 7.09. The summed E-state index contributed by atoms with van der Waals surface area (Å²) in [6.45, 7) is 1.12. The van der Waals surface area contributed by atoms with Crippen LogP contribution in [-0.4, -0.2) is 51.0 Å². The van der Waals surface area contributed by atoms with E-state index in [2.05, 4.69) is 15.6 Å². The predicted molar refractivity (Wildman–Crippen MR) is 135 cm³/mol. The number of benzene rings is 2. The first kappa shape index (κ1) is 26.9. The zero-order valence-electron chi connectivity index (χ0n) is 19.0. The molecule has 2 aromatic carbocycles. The number of hydrogen-bond acceptors (Lipinski definition) is 2. The minimum Gasteiger partial charge on any atom is -0.356 e. The minimum absolute atomic E-state index is 0. The van der Waals surface area contributed by atoms with Gasteiger partial charge in [0, 0.05) is 45.2 Å². The zero-order chi connectivity index (χ0) is 23.4. The summed E-state index contributed by atoms with van der Waals surface area (Å²) in [6.07, 6.45) is -1.96. The lowest BCUT2D eigenvalue weighted by Gasteiger charge is -2.20. The van der Waals surface area contributed by atoms with E-state index >= 15 is 0 Å². The van der Waals surface area contributed by atoms with E-state index in [0.717, 1.165) is 24.5 Å². The molecule has 2 N–H and O–H groups in total. The van der Waals surface area contributed by atoms with Crippen molar-refractivity contribution in [3.63, 3.8) is 0 Å². The van der Waals surface area contributed by atoms with E-state index in [9.17, 15) is 18.0 Å². The Hall–Kier alpha value is -2.30. The van der Waals surface area contributed by atoms with Crippen molar-refractivity contribution in [2.45, 2.75) is 30.9 Å². The van der Waals surface area contributed by atoms with Crippen LogP contribution in [0.15, 0.2) is 53.5 Å². The van der Waals surface area contributed by atoms with Gasteiger partial charge in [0.1, 0.15) is 0 Å². The van der Waals surface area contributed by atoms with Gasteiger partial charge in [-0.2, -0.15) is 13.2 Å². The lowest BCUT2D eigenvalue weighted by Crippen LogP contribution is -2.42. The molecule has 180 valence electrons. The quantitative estimate of drug-likeness (QED) is 0.292. The van der Waals surface area contributed by atoms with E-state index in [0.29, 0.717) is 36.6 Å². The summed E-state index contributed by atoms with van der Waals surface area (Å²) >= 11 is 0. The Balaban J connectivity index is 0.00000385. The van der Waals surface area contributed by atoms with Gasteiger partial charge in [-0.25, -0.2) is 0 Å². The molecule has 3 rings (SSSR count). The van der Waals surface area contributed by atoms with Crippen LogP contribution in [0.4, 0.5) is 13.2 Å². The Morgan fingerprint density at radius 2 is 1.79 bits per heavy atom. The second kappa shape index (κ2) is 11.2. The van der Waals surface area contributed by atoms with Crippen LogP contribution in [-0.2, 0) is 18.0 Å². The predicted octanol–water partition coefficient (Wildman–Crippen LogP) is 4.46. The first-order valence-corrected chi connectivity index (χ1v) is 10.6. The molecular weight excluding hydrogens is 544 g/mol. The third-order valence-electron chi connectivity index (χ3n) is 5.76. The van der Waals surface area contributed by atoms with E-state index in [1.165, 1.54) is 12.1 Å². The Kier molecular flexibility index (Phi) is 9.16. The molecule has 1 aliphatic rings. The van der Waals surface area contributed by atoms with Gasteiger partial charge >= 0.3 is 6.18 Å². The number of nitrogens with one attached hydrogen (secondary N) is 2. The molecule has 5 nitrogen and oxygen atoms in total. The zero-order valence-corrected chi connectivity index (χ0v) is 21.3. The highest BCUT2D eigenvalue weighted by Crippen LogP contribution is 2.48. The van der Waals surface area contributed by atoms with Crippen LogP contribution >= 0.6 is 24.0 Å². The number of guanidine groups is 1. The molecule has 0 heterocycles. The van der Waals surface area contributed by atoms with Crippen molar-refractivity contribution in [2.75, 3.05) is 34.2 Å². The highest BCUT2D eigenvalue weighted by molar-refractivity contribution is 14.0. The standard InChI is InChI=1S/C24H29F3N4O.HI/c1-28-22(29-13-10-17-6-4-7-18(14-17)21(32)31(2)3)30-16-23(11-12-23)19-8-5-9-20(15-19)24(25,26)27;/h4-9,14-15H,10-13,16H2,1-3H3,(H2,28,29,30);1H. The molecule has 1 fully saturated rings. The molecule has 0 atom stereocenters. The maximum atomic E-state index is 13.1. The Labute approximate surface area is 209 Å². The molecule has 1 amide bonds.